The van der Waals surface area contributed by atoms with E-state index in [1.807, 2.05) is 12.1 Å². The van der Waals surface area contributed by atoms with Crippen molar-refractivity contribution in [3.8, 4) is 0 Å². The van der Waals surface area contributed by atoms with Gasteiger partial charge in [-0.1, -0.05) is 25.1 Å². The van der Waals surface area contributed by atoms with Crippen LogP contribution in [0.4, 0.5) is 0 Å². The van der Waals surface area contributed by atoms with E-state index in [-0.39, 0.29) is 5.91 Å². The molecule has 0 aliphatic carbocycles. The molecule has 1 aliphatic heterocycles. The molecule has 1 heterocycles. The number of nitrogens with one attached hydrogen (secondary N) is 1. The molecule has 0 unspecified atom stereocenters. The first kappa shape index (κ1) is 14.4. The lowest BCUT2D eigenvalue weighted by atomic mass is 10.2. The summed E-state index contributed by atoms with van der Waals surface area (Å²) in [5.74, 6) is 0.657. The van der Waals surface area contributed by atoms with Crippen molar-refractivity contribution in [3.05, 3.63) is 29.8 Å². The highest BCUT2D eigenvalue weighted by Crippen LogP contribution is 2.21. The van der Waals surface area contributed by atoms with E-state index in [9.17, 15) is 4.79 Å². The lowest BCUT2D eigenvalue weighted by molar-refractivity contribution is -0.119. The van der Waals surface area contributed by atoms with Gasteiger partial charge < -0.3 is 10.2 Å². The fraction of sp³-hybridized carbons (Fsp3) is 0.533. The minimum absolute atomic E-state index is 0.149. The van der Waals surface area contributed by atoms with Crippen molar-refractivity contribution < 1.29 is 4.79 Å². The molecule has 1 aromatic carbocycles. The van der Waals surface area contributed by atoms with Gasteiger partial charge >= 0.3 is 0 Å². The predicted molar refractivity (Wildman–Crippen MR) is 80.6 cm³/mol. The molecule has 3 nitrogen and oxygen atoms in total. The van der Waals surface area contributed by atoms with E-state index in [0.717, 1.165) is 26.1 Å². The number of rotatable bonds is 5. The number of hydrogen-bond acceptors (Lipinski definition) is 3. The second-order valence-electron chi connectivity index (χ2n) is 5.00. The van der Waals surface area contributed by atoms with Crippen LogP contribution in [0.2, 0.25) is 0 Å². The van der Waals surface area contributed by atoms with Crippen LogP contribution in [0.15, 0.2) is 29.2 Å². The van der Waals surface area contributed by atoms with Crippen LogP contribution in [-0.4, -0.2) is 42.2 Å². The van der Waals surface area contributed by atoms with Gasteiger partial charge in [0.25, 0.3) is 0 Å². The largest absolute Gasteiger partial charge is 0.351 e. The van der Waals surface area contributed by atoms with Crippen LogP contribution in [0.3, 0.4) is 0 Å². The molecule has 1 saturated heterocycles. The molecular weight excluding hydrogens is 256 g/mol. The molecule has 0 aromatic heterocycles. The predicted octanol–water partition coefficient (Wildman–Crippen LogP) is 2.30. The Labute approximate surface area is 119 Å². The van der Waals surface area contributed by atoms with E-state index in [0.29, 0.717) is 11.8 Å². The number of likely N-dealkylation sites (N-methyl/N-ethyl adjacent to an activating group) is 1. The van der Waals surface area contributed by atoms with E-state index in [1.54, 1.807) is 11.8 Å². The highest BCUT2D eigenvalue weighted by Gasteiger charge is 2.22. The second kappa shape index (κ2) is 6.96. The van der Waals surface area contributed by atoms with Crippen LogP contribution >= 0.6 is 11.8 Å². The normalized spacial score (nSPS) is 19.6. The first-order valence-electron chi connectivity index (χ1n) is 6.89. The molecule has 1 N–H and O–H groups in total. The maximum Gasteiger partial charge on any atom is 0.230 e. The molecule has 0 radical (unpaired) electrons. The van der Waals surface area contributed by atoms with Gasteiger partial charge in [-0.2, -0.15) is 0 Å². The zero-order valence-corrected chi connectivity index (χ0v) is 12.5. The Balaban J connectivity index is 1.75. The zero-order valence-electron chi connectivity index (χ0n) is 11.7. The molecule has 1 fully saturated rings. The SMILES string of the molecule is CCN1CC[C@H](NC(=O)CSc2ccccc2C)C1. The summed E-state index contributed by atoms with van der Waals surface area (Å²) >= 11 is 1.62. The fourth-order valence-corrected chi connectivity index (χ4v) is 3.21. The Bertz CT molecular complexity index is 436. The van der Waals surface area contributed by atoms with E-state index in [1.165, 1.54) is 10.5 Å². The average molecular weight is 278 g/mol. The number of aryl methyl sites for hydroxylation is 1. The topological polar surface area (TPSA) is 32.3 Å². The van der Waals surface area contributed by atoms with E-state index in [2.05, 4.69) is 36.2 Å². The average Bonchev–Trinajstić information content (AvgIpc) is 2.85. The van der Waals surface area contributed by atoms with Gasteiger partial charge in [-0.05, 0) is 31.5 Å². The monoisotopic (exact) mass is 278 g/mol. The summed E-state index contributed by atoms with van der Waals surface area (Å²) in [6, 6.07) is 8.53. The van der Waals surface area contributed by atoms with Crippen molar-refractivity contribution in [1.82, 2.24) is 10.2 Å². The highest BCUT2D eigenvalue weighted by molar-refractivity contribution is 8.00. The lowest BCUT2D eigenvalue weighted by Crippen LogP contribution is -2.38. The van der Waals surface area contributed by atoms with Crippen molar-refractivity contribution >= 4 is 17.7 Å². The van der Waals surface area contributed by atoms with Crippen molar-refractivity contribution in [1.29, 1.82) is 0 Å². The van der Waals surface area contributed by atoms with Gasteiger partial charge in [-0.15, -0.1) is 11.8 Å². The summed E-state index contributed by atoms with van der Waals surface area (Å²) < 4.78 is 0. The quantitative estimate of drug-likeness (QED) is 0.839. The maximum absolute atomic E-state index is 11.9. The molecule has 4 heteroatoms. The number of carbonyl (C=O) groups excluding carboxylic acids is 1. The standard InChI is InChI=1S/C15H22N2OS/c1-3-17-9-8-13(10-17)16-15(18)11-19-14-7-5-4-6-12(14)2/h4-7,13H,3,8-11H2,1-2H3,(H,16,18)/t13-/m0/s1. The minimum Gasteiger partial charge on any atom is -0.351 e. The van der Waals surface area contributed by atoms with Crippen LogP contribution in [0.1, 0.15) is 18.9 Å². The summed E-state index contributed by atoms with van der Waals surface area (Å²) in [7, 11) is 0. The van der Waals surface area contributed by atoms with Gasteiger partial charge in [0.1, 0.15) is 0 Å². The number of carbonyl (C=O) groups is 1. The lowest BCUT2D eigenvalue weighted by Gasteiger charge is -2.14. The van der Waals surface area contributed by atoms with Gasteiger partial charge in [0, 0.05) is 24.0 Å². The van der Waals surface area contributed by atoms with Gasteiger partial charge in [0.05, 0.1) is 5.75 Å². The molecule has 0 saturated carbocycles. The molecular formula is C15H22N2OS. The summed E-state index contributed by atoms with van der Waals surface area (Å²) in [6.07, 6.45) is 1.08. The first-order valence-corrected chi connectivity index (χ1v) is 7.87. The maximum atomic E-state index is 11.9. The molecule has 0 spiro atoms. The molecule has 1 aliphatic rings. The van der Waals surface area contributed by atoms with Crippen LogP contribution in [0, 0.1) is 6.92 Å². The van der Waals surface area contributed by atoms with Crippen molar-refractivity contribution in [2.45, 2.75) is 31.2 Å². The summed E-state index contributed by atoms with van der Waals surface area (Å²) in [5.41, 5.74) is 1.23. The molecule has 1 atom stereocenters. The fourth-order valence-electron chi connectivity index (χ4n) is 2.37. The van der Waals surface area contributed by atoms with Crippen LogP contribution in [0.25, 0.3) is 0 Å². The van der Waals surface area contributed by atoms with Gasteiger partial charge in [-0.3, -0.25) is 4.79 Å². The molecule has 2 rings (SSSR count). The number of thioether (sulfide) groups is 1. The third-order valence-corrected chi connectivity index (χ3v) is 4.71. The van der Waals surface area contributed by atoms with Crippen molar-refractivity contribution in [3.63, 3.8) is 0 Å². The Morgan fingerprint density at radius 1 is 1.47 bits per heavy atom. The minimum atomic E-state index is 0.149. The van der Waals surface area contributed by atoms with Crippen LogP contribution in [0.5, 0.6) is 0 Å². The highest BCUT2D eigenvalue weighted by atomic mass is 32.2. The first-order chi connectivity index (χ1) is 9.19. The smallest absolute Gasteiger partial charge is 0.230 e. The zero-order chi connectivity index (χ0) is 13.7. The molecule has 104 valence electrons. The summed E-state index contributed by atoms with van der Waals surface area (Å²) in [5, 5.41) is 3.13. The summed E-state index contributed by atoms with van der Waals surface area (Å²) in [4.78, 5) is 15.5. The number of hydrogen-bond donors (Lipinski definition) is 1. The molecule has 19 heavy (non-hydrogen) atoms. The Hall–Kier alpha value is -1.00. The van der Waals surface area contributed by atoms with E-state index >= 15 is 0 Å². The van der Waals surface area contributed by atoms with Gasteiger partial charge in [-0.25, -0.2) is 0 Å². The van der Waals surface area contributed by atoms with Crippen LogP contribution < -0.4 is 5.32 Å². The van der Waals surface area contributed by atoms with Gasteiger partial charge in [0.2, 0.25) is 5.91 Å². The number of likely N-dealkylation sites (tertiary alicyclic amines) is 1. The third kappa shape index (κ3) is 4.25. The number of amides is 1. The third-order valence-electron chi connectivity index (χ3n) is 3.54. The Morgan fingerprint density at radius 3 is 2.95 bits per heavy atom. The van der Waals surface area contributed by atoms with Crippen molar-refractivity contribution in [2.24, 2.45) is 0 Å². The van der Waals surface area contributed by atoms with Gasteiger partial charge in [0.15, 0.2) is 0 Å². The Morgan fingerprint density at radius 2 is 2.26 bits per heavy atom. The molecule has 0 bridgehead atoms. The van der Waals surface area contributed by atoms with Crippen molar-refractivity contribution in [2.75, 3.05) is 25.4 Å². The molecule has 1 aromatic rings. The second-order valence-corrected chi connectivity index (χ2v) is 6.02. The van der Waals surface area contributed by atoms with Crippen LogP contribution in [-0.2, 0) is 4.79 Å². The van der Waals surface area contributed by atoms with E-state index < -0.39 is 0 Å². The molecule has 1 amide bonds. The van der Waals surface area contributed by atoms with E-state index in [4.69, 9.17) is 0 Å². The Kier molecular flexibility index (Phi) is 5.28. The number of benzene rings is 1. The number of nitrogens with zero attached hydrogens (tertiary/aromatic N) is 1. The summed E-state index contributed by atoms with van der Waals surface area (Å²) in [6.45, 7) is 7.42.